The number of hydrogen-bond donors (Lipinski definition) is 0. The molecule has 0 unspecified atom stereocenters. The molecule has 0 saturated heterocycles. The molecule has 0 aliphatic carbocycles. The van der Waals surface area contributed by atoms with Crippen molar-refractivity contribution in [1.29, 1.82) is 0 Å². The summed E-state index contributed by atoms with van der Waals surface area (Å²) >= 11 is 0. The minimum absolute atomic E-state index is 0.0205. The number of methoxy groups -OCH3 is 1. The summed E-state index contributed by atoms with van der Waals surface area (Å²) in [6.07, 6.45) is -0.0235. The van der Waals surface area contributed by atoms with E-state index in [4.69, 9.17) is 4.74 Å². The van der Waals surface area contributed by atoms with Crippen molar-refractivity contribution in [2.24, 2.45) is 5.92 Å². The van der Waals surface area contributed by atoms with E-state index in [9.17, 15) is 9.59 Å². The summed E-state index contributed by atoms with van der Waals surface area (Å²) in [5.41, 5.74) is 2.37. The Kier molecular flexibility index (Phi) is 4.65. The molecule has 0 saturated carbocycles. The molecule has 3 nitrogen and oxygen atoms in total. The maximum atomic E-state index is 12.1. The highest BCUT2D eigenvalue weighted by atomic mass is 16.5. The van der Waals surface area contributed by atoms with E-state index in [0.717, 1.165) is 16.9 Å². The van der Waals surface area contributed by atoms with Crippen LogP contribution in [0.1, 0.15) is 41.8 Å². The molecule has 0 aliphatic heterocycles. The van der Waals surface area contributed by atoms with Crippen molar-refractivity contribution in [2.75, 3.05) is 7.11 Å². The van der Waals surface area contributed by atoms with Gasteiger partial charge in [-0.25, -0.2) is 0 Å². The van der Waals surface area contributed by atoms with E-state index in [2.05, 4.69) is 0 Å². The van der Waals surface area contributed by atoms with Gasteiger partial charge in [-0.05, 0) is 37.1 Å². The first-order valence-electron chi connectivity index (χ1n) is 6.08. The molecule has 1 rings (SSSR count). The molecule has 0 spiro atoms. The molecular formula is C15H20O3. The van der Waals surface area contributed by atoms with Crippen LogP contribution in [-0.2, 0) is 4.79 Å². The monoisotopic (exact) mass is 248 g/mol. The van der Waals surface area contributed by atoms with Gasteiger partial charge in [-0.15, -0.1) is 0 Å². The molecular weight excluding hydrogens is 228 g/mol. The number of hydrogen-bond acceptors (Lipinski definition) is 3. The van der Waals surface area contributed by atoms with Gasteiger partial charge in [-0.1, -0.05) is 13.8 Å². The molecule has 0 heterocycles. The third kappa shape index (κ3) is 3.19. The van der Waals surface area contributed by atoms with Crippen LogP contribution in [0.3, 0.4) is 0 Å². The minimum Gasteiger partial charge on any atom is -0.496 e. The summed E-state index contributed by atoms with van der Waals surface area (Å²) in [6.45, 7) is 7.36. The third-order valence-corrected chi connectivity index (χ3v) is 3.02. The first-order valence-corrected chi connectivity index (χ1v) is 6.08. The summed E-state index contributed by atoms with van der Waals surface area (Å²) in [5, 5.41) is 0. The van der Waals surface area contributed by atoms with Crippen LogP contribution in [0.2, 0.25) is 0 Å². The number of aryl methyl sites for hydroxylation is 2. The summed E-state index contributed by atoms with van der Waals surface area (Å²) < 4.78 is 5.20. The maximum absolute atomic E-state index is 12.1. The Morgan fingerprint density at radius 2 is 1.78 bits per heavy atom. The van der Waals surface area contributed by atoms with Crippen LogP contribution >= 0.6 is 0 Å². The van der Waals surface area contributed by atoms with Gasteiger partial charge in [0.2, 0.25) is 0 Å². The number of Topliss-reactive ketones (excluding diaryl/α,β-unsaturated/α-hetero) is 2. The molecule has 0 atom stereocenters. The molecule has 1 aromatic rings. The Balaban J connectivity index is 3.00. The van der Waals surface area contributed by atoms with Gasteiger partial charge >= 0.3 is 0 Å². The standard InChI is InChI=1S/C15H20O3/c1-9(2)13(16)8-14(17)12-6-11(4)15(18-5)7-10(12)3/h6-7,9H,8H2,1-5H3. The molecule has 0 N–H and O–H groups in total. The van der Waals surface area contributed by atoms with Crippen LogP contribution in [0.5, 0.6) is 5.75 Å². The van der Waals surface area contributed by atoms with Crippen molar-refractivity contribution in [3.8, 4) is 5.75 Å². The highest BCUT2D eigenvalue weighted by molar-refractivity contribution is 6.09. The summed E-state index contributed by atoms with van der Waals surface area (Å²) in [4.78, 5) is 23.7. The van der Waals surface area contributed by atoms with Crippen molar-refractivity contribution in [2.45, 2.75) is 34.1 Å². The number of carbonyl (C=O) groups excluding carboxylic acids is 2. The van der Waals surface area contributed by atoms with Crippen molar-refractivity contribution >= 4 is 11.6 Å². The van der Waals surface area contributed by atoms with Gasteiger partial charge in [0.05, 0.1) is 13.5 Å². The molecule has 0 amide bonds. The fourth-order valence-electron chi connectivity index (χ4n) is 1.77. The predicted molar refractivity (Wildman–Crippen MR) is 71.3 cm³/mol. The van der Waals surface area contributed by atoms with Gasteiger partial charge < -0.3 is 4.74 Å². The van der Waals surface area contributed by atoms with Gasteiger partial charge in [0, 0.05) is 11.5 Å². The number of rotatable bonds is 5. The SMILES string of the molecule is COc1cc(C)c(C(=O)CC(=O)C(C)C)cc1C. The van der Waals surface area contributed by atoms with Gasteiger partial charge in [-0.2, -0.15) is 0 Å². The second kappa shape index (κ2) is 5.80. The number of ether oxygens (including phenoxy) is 1. The van der Waals surface area contributed by atoms with Gasteiger partial charge in [0.1, 0.15) is 11.5 Å². The molecule has 0 aliphatic rings. The minimum atomic E-state index is -0.114. The lowest BCUT2D eigenvalue weighted by Gasteiger charge is -2.11. The van der Waals surface area contributed by atoms with Crippen LogP contribution in [-0.4, -0.2) is 18.7 Å². The van der Waals surface area contributed by atoms with Crippen LogP contribution in [0.4, 0.5) is 0 Å². The summed E-state index contributed by atoms with van der Waals surface area (Å²) in [6, 6.07) is 3.63. The van der Waals surface area contributed by atoms with Crippen molar-refractivity contribution in [3.05, 3.63) is 28.8 Å². The lowest BCUT2D eigenvalue weighted by atomic mass is 9.95. The number of ketones is 2. The maximum Gasteiger partial charge on any atom is 0.170 e. The van der Waals surface area contributed by atoms with Gasteiger partial charge in [0.25, 0.3) is 0 Å². The normalized spacial score (nSPS) is 10.6. The van der Waals surface area contributed by atoms with Crippen LogP contribution < -0.4 is 4.74 Å². The first kappa shape index (κ1) is 14.4. The van der Waals surface area contributed by atoms with E-state index in [1.54, 1.807) is 13.2 Å². The molecule has 1 aromatic carbocycles. The van der Waals surface area contributed by atoms with Gasteiger partial charge in [0.15, 0.2) is 5.78 Å². The first-order chi connectivity index (χ1) is 8.36. The van der Waals surface area contributed by atoms with Crippen LogP contribution in [0, 0.1) is 19.8 Å². The molecule has 0 fully saturated rings. The molecule has 98 valence electrons. The Labute approximate surface area is 108 Å². The Bertz CT molecular complexity index is 473. The smallest absolute Gasteiger partial charge is 0.170 e. The van der Waals surface area contributed by atoms with Crippen LogP contribution in [0.25, 0.3) is 0 Å². The fraction of sp³-hybridized carbons (Fsp3) is 0.467. The quantitative estimate of drug-likeness (QED) is 0.594. The average Bonchev–Trinajstić information content (AvgIpc) is 2.31. The third-order valence-electron chi connectivity index (χ3n) is 3.02. The zero-order valence-corrected chi connectivity index (χ0v) is 11.7. The molecule has 0 aromatic heterocycles. The highest BCUT2D eigenvalue weighted by Crippen LogP contribution is 2.23. The second-order valence-electron chi connectivity index (χ2n) is 4.86. The van der Waals surface area contributed by atoms with E-state index in [1.807, 2.05) is 33.8 Å². The zero-order valence-electron chi connectivity index (χ0n) is 11.7. The van der Waals surface area contributed by atoms with E-state index in [1.165, 1.54) is 0 Å². The molecule has 0 radical (unpaired) electrons. The molecule has 0 bridgehead atoms. The Hall–Kier alpha value is -1.64. The molecule has 3 heteroatoms. The van der Waals surface area contributed by atoms with E-state index in [0.29, 0.717) is 5.56 Å². The predicted octanol–water partition coefficient (Wildman–Crippen LogP) is 3.11. The lowest BCUT2D eigenvalue weighted by molar-refractivity contribution is -0.121. The molecule has 18 heavy (non-hydrogen) atoms. The van der Waals surface area contributed by atoms with Crippen LogP contribution in [0.15, 0.2) is 12.1 Å². The Morgan fingerprint density at radius 3 is 2.28 bits per heavy atom. The average molecular weight is 248 g/mol. The number of benzene rings is 1. The van der Waals surface area contributed by atoms with E-state index >= 15 is 0 Å². The number of carbonyl (C=O) groups is 2. The van der Waals surface area contributed by atoms with Gasteiger partial charge in [-0.3, -0.25) is 9.59 Å². The zero-order chi connectivity index (χ0) is 13.9. The van der Waals surface area contributed by atoms with E-state index < -0.39 is 0 Å². The largest absolute Gasteiger partial charge is 0.496 e. The fourth-order valence-corrected chi connectivity index (χ4v) is 1.77. The van der Waals surface area contributed by atoms with Crippen molar-refractivity contribution in [3.63, 3.8) is 0 Å². The summed E-state index contributed by atoms with van der Waals surface area (Å²) in [5.74, 6) is 0.526. The second-order valence-corrected chi connectivity index (χ2v) is 4.86. The van der Waals surface area contributed by atoms with Crippen molar-refractivity contribution in [1.82, 2.24) is 0 Å². The Morgan fingerprint density at radius 1 is 1.17 bits per heavy atom. The highest BCUT2D eigenvalue weighted by Gasteiger charge is 2.17. The topological polar surface area (TPSA) is 43.4 Å². The van der Waals surface area contributed by atoms with E-state index in [-0.39, 0.29) is 23.9 Å². The summed E-state index contributed by atoms with van der Waals surface area (Å²) in [7, 11) is 1.60. The lowest BCUT2D eigenvalue weighted by Crippen LogP contribution is -2.14. The van der Waals surface area contributed by atoms with Crippen molar-refractivity contribution < 1.29 is 14.3 Å².